The molecule has 71 valence electrons. The largest absolute Gasteiger partial charge is 0.375 e. The highest BCUT2D eigenvalue weighted by atomic mass is 16.6. The maximum Gasteiger partial charge on any atom is 0.375 e. The lowest BCUT2D eigenvalue weighted by Crippen LogP contribution is -2.48. The summed E-state index contributed by atoms with van der Waals surface area (Å²) in [6, 6.07) is -0.853. The fourth-order valence-corrected chi connectivity index (χ4v) is 1.07. The second-order valence-corrected chi connectivity index (χ2v) is 2.41. The summed E-state index contributed by atoms with van der Waals surface area (Å²) in [6.45, 7) is 3.69. The van der Waals surface area contributed by atoms with E-state index in [0.29, 0.717) is 0 Å². The Morgan fingerprint density at radius 2 is 2.31 bits per heavy atom. The Morgan fingerprint density at radius 3 is 2.69 bits per heavy atom. The maximum absolute atomic E-state index is 10.7. The van der Waals surface area contributed by atoms with Gasteiger partial charge in [-0.25, -0.2) is 9.69 Å². The fourth-order valence-electron chi connectivity index (χ4n) is 1.07. The van der Waals surface area contributed by atoms with E-state index >= 15 is 0 Å². The molecule has 1 heterocycles. The minimum absolute atomic E-state index is 0.200. The van der Waals surface area contributed by atoms with Crippen molar-refractivity contribution in [3.05, 3.63) is 29.4 Å². The van der Waals surface area contributed by atoms with Crippen LogP contribution in [0.25, 0.3) is 0 Å². The van der Waals surface area contributed by atoms with E-state index in [1.165, 1.54) is 17.3 Å². The highest BCUT2D eigenvalue weighted by Crippen LogP contribution is 2.14. The van der Waals surface area contributed by atoms with Crippen molar-refractivity contribution in [2.45, 2.75) is 6.29 Å². The highest BCUT2D eigenvalue weighted by Gasteiger charge is 2.38. The Labute approximate surface area is 74.5 Å². The minimum atomic E-state index is -1.25. The summed E-state index contributed by atoms with van der Waals surface area (Å²) in [6.07, 6.45) is 1.42. The first-order chi connectivity index (χ1) is 6.07. The van der Waals surface area contributed by atoms with Gasteiger partial charge in [-0.15, -0.1) is 0 Å². The molecule has 1 unspecified atom stereocenters. The second kappa shape index (κ2) is 3.30. The lowest BCUT2D eigenvalue weighted by Gasteiger charge is -2.21. The van der Waals surface area contributed by atoms with Crippen LogP contribution in [-0.4, -0.2) is 33.6 Å². The van der Waals surface area contributed by atoms with Crippen LogP contribution in [0.15, 0.2) is 12.4 Å². The molecule has 7 heteroatoms. The average Bonchev–Trinajstić information content (AvgIpc) is 2.46. The molecule has 1 rings (SSSR count). The molecule has 0 fully saturated rings. The molecule has 0 aromatic carbocycles. The second-order valence-electron chi connectivity index (χ2n) is 2.41. The lowest BCUT2D eigenvalue weighted by atomic mass is 10.6. The van der Waals surface area contributed by atoms with Crippen LogP contribution in [0.5, 0.6) is 0 Å². The number of nitrogens with zero attached hydrogens (tertiary/aromatic N) is 3. The number of carbonyl (C=O) groups is 1. The summed E-state index contributed by atoms with van der Waals surface area (Å²) < 4.78 is 0. The molecule has 0 aromatic rings. The van der Waals surface area contributed by atoms with Gasteiger partial charge in [-0.3, -0.25) is 15.0 Å². The van der Waals surface area contributed by atoms with Gasteiger partial charge in [-0.05, 0) is 6.92 Å². The highest BCUT2D eigenvalue weighted by molar-refractivity contribution is 5.73. The number of rotatable bonds is 2. The van der Waals surface area contributed by atoms with Gasteiger partial charge in [0.15, 0.2) is 0 Å². The summed E-state index contributed by atoms with van der Waals surface area (Å²) in [5.41, 5.74) is 4.93. The molecule has 0 bridgehead atoms. The van der Waals surface area contributed by atoms with Crippen LogP contribution in [0, 0.1) is 17.0 Å². The van der Waals surface area contributed by atoms with E-state index < -0.39 is 17.2 Å². The van der Waals surface area contributed by atoms with E-state index in [-0.39, 0.29) is 6.54 Å². The van der Waals surface area contributed by atoms with Crippen molar-refractivity contribution in [1.82, 2.24) is 9.80 Å². The van der Waals surface area contributed by atoms with Crippen molar-refractivity contribution in [3.8, 4) is 0 Å². The van der Waals surface area contributed by atoms with Gasteiger partial charge < -0.3 is 5.73 Å². The van der Waals surface area contributed by atoms with E-state index in [1.54, 1.807) is 0 Å². The van der Waals surface area contributed by atoms with Crippen molar-refractivity contribution < 1.29 is 9.72 Å². The van der Waals surface area contributed by atoms with Gasteiger partial charge in [0.2, 0.25) is 0 Å². The topological polar surface area (TPSA) is 92.7 Å². The third-order valence-electron chi connectivity index (χ3n) is 1.67. The van der Waals surface area contributed by atoms with Gasteiger partial charge >= 0.3 is 12.3 Å². The number of hydrogen-bond donors (Lipinski definition) is 1. The van der Waals surface area contributed by atoms with Crippen LogP contribution < -0.4 is 5.73 Å². The Balaban J connectivity index is 2.84. The number of carbonyl (C=O) groups excluding carboxylic acids is 1. The van der Waals surface area contributed by atoms with Crippen molar-refractivity contribution in [1.29, 1.82) is 0 Å². The summed E-state index contributed by atoms with van der Waals surface area (Å²) in [5.74, 6) is 0. The Bertz CT molecular complexity index is 265. The van der Waals surface area contributed by atoms with Crippen LogP contribution in [0.3, 0.4) is 0 Å². The van der Waals surface area contributed by atoms with E-state index in [0.717, 1.165) is 4.90 Å². The maximum atomic E-state index is 10.7. The molecule has 2 amide bonds. The van der Waals surface area contributed by atoms with Gasteiger partial charge in [0, 0.05) is 18.9 Å². The summed E-state index contributed by atoms with van der Waals surface area (Å²) in [4.78, 5) is 22.8. The predicted octanol–water partition coefficient (Wildman–Crippen LogP) is -0.452. The van der Waals surface area contributed by atoms with Crippen molar-refractivity contribution in [2.24, 2.45) is 5.73 Å². The Kier molecular flexibility index (Phi) is 2.36. The molecule has 1 aliphatic rings. The van der Waals surface area contributed by atoms with Crippen molar-refractivity contribution in [2.75, 3.05) is 6.54 Å². The van der Waals surface area contributed by atoms with Gasteiger partial charge in [0.1, 0.15) is 0 Å². The number of amides is 2. The zero-order valence-corrected chi connectivity index (χ0v) is 6.79. The molecular weight excluding hydrogens is 176 g/mol. The summed E-state index contributed by atoms with van der Waals surface area (Å²) in [5, 5.41) is 10.5. The molecule has 0 saturated heterocycles. The van der Waals surface area contributed by atoms with E-state index in [1.807, 2.05) is 0 Å². The van der Waals surface area contributed by atoms with E-state index in [4.69, 9.17) is 5.73 Å². The molecule has 7 nitrogen and oxygen atoms in total. The van der Waals surface area contributed by atoms with Crippen LogP contribution in [0.2, 0.25) is 0 Å². The first-order valence-electron chi connectivity index (χ1n) is 3.52. The average molecular weight is 185 g/mol. The van der Waals surface area contributed by atoms with Crippen molar-refractivity contribution >= 4 is 6.03 Å². The van der Waals surface area contributed by atoms with Gasteiger partial charge in [0.05, 0.1) is 4.92 Å². The SMILES string of the molecule is [CH2]CN1C=CN(C(N)=O)C1[N+](=O)[O-]. The van der Waals surface area contributed by atoms with Crippen LogP contribution in [0.1, 0.15) is 0 Å². The van der Waals surface area contributed by atoms with Crippen LogP contribution in [0.4, 0.5) is 4.79 Å². The van der Waals surface area contributed by atoms with E-state index in [9.17, 15) is 14.9 Å². The molecule has 0 spiro atoms. The number of nitro groups is 1. The Morgan fingerprint density at radius 1 is 1.69 bits per heavy atom. The van der Waals surface area contributed by atoms with Crippen LogP contribution in [-0.2, 0) is 0 Å². The standard InChI is InChI=1S/C6H9N4O3/c1-2-8-3-4-9(5(7)11)6(8)10(12)13/h3-4,6H,1-2H2,(H2,7,11). The molecule has 0 aliphatic carbocycles. The predicted molar refractivity (Wildman–Crippen MR) is 43.4 cm³/mol. The molecule has 2 N–H and O–H groups in total. The Hall–Kier alpha value is -1.79. The third-order valence-corrected chi connectivity index (χ3v) is 1.67. The molecule has 0 saturated carbocycles. The van der Waals surface area contributed by atoms with Crippen LogP contribution >= 0.6 is 0 Å². The lowest BCUT2D eigenvalue weighted by molar-refractivity contribution is -0.564. The van der Waals surface area contributed by atoms with E-state index in [2.05, 4.69) is 6.92 Å². The first-order valence-corrected chi connectivity index (χ1v) is 3.52. The van der Waals surface area contributed by atoms with Gasteiger partial charge in [-0.2, -0.15) is 0 Å². The molecular formula is C6H9N4O3. The molecule has 0 aromatic heterocycles. The normalized spacial score (nSPS) is 20.8. The summed E-state index contributed by atoms with van der Waals surface area (Å²) in [7, 11) is 0. The number of primary amides is 1. The van der Waals surface area contributed by atoms with Crippen molar-refractivity contribution in [3.63, 3.8) is 0 Å². The quantitative estimate of drug-likeness (QED) is 0.465. The fraction of sp³-hybridized carbons (Fsp3) is 0.333. The zero-order chi connectivity index (χ0) is 10.0. The zero-order valence-electron chi connectivity index (χ0n) is 6.79. The molecule has 13 heavy (non-hydrogen) atoms. The first kappa shape index (κ1) is 9.30. The molecule has 1 aliphatic heterocycles. The number of urea groups is 1. The number of hydrogen-bond acceptors (Lipinski definition) is 4. The third kappa shape index (κ3) is 1.53. The molecule has 1 radical (unpaired) electrons. The minimum Gasteiger partial charge on any atom is -0.351 e. The summed E-state index contributed by atoms with van der Waals surface area (Å²) >= 11 is 0. The smallest absolute Gasteiger partial charge is 0.351 e. The monoisotopic (exact) mass is 185 g/mol. The van der Waals surface area contributed by atoms with Gasteiger partial charge in [-0.1, -0.05) is 0 Å². The number of nitrogens with two attached hydrogens (primary N) is 1. The van der Waals surface area contributed by atoms with Gasteiger partial charge in [0.25, 0.3) is 0 Å². The molecule has 1 atom stereocenters.